The van der Waals surface area contributed by atoms with Gasteiger partial charge in [0, 0.05) is 45.8 Å². The number of carbonyl (C=O) groups excluding carboxylic acids is 1. The third kappa shape index (κ3) is 6.59. The van der Waals surface area contributed by atoms with Crippen LogP contribution in [0.5, 0.6) is 0 Å². The third-order valence-corrected chi connectivity index (χ3v) is 5.54. The lowest BCUT2D eigenvalue weighted by Gasteiger charge is -2.40. The van der Waals surface area contributed by atoms with Crippen LogP contribution in [0, 0.1) is 17.8 Å². The molecule has 2 aliphatic heterocycles. The van der Waals surface area contributed by atoms with Gasteiger partial charge < -0.3 is 10.1 Å². The molecule has 27 heavy (non-hydrogen) atoms. The van der Waals surface area contributed by atoms with Crippen LogP contribution < -0.4 is 5.32 Å². The number of morpholine rings is 1. The van der Waals surface area contributed by atoms with Gasteiger partial charge in [-0.15, -0.1) is 0 Å². The second kappa shape index (κ2) is 10.2. The lowest BCUT2D eigenvalue weighted by Crippen LogP contribution is -2.50. The minimum absolute atomic E-state index is 0.0900. The number of rotatable bonds is 7. The predicted molar refractivity (Wildman–Crippen MR) is 108 cm³/mol. The van der Waals surface area contributed by atoms with E-state index in [0.717, 1.165) is 65.4 Å². The molecule has 0 aromatic heterocycles. The summed E-state index contributed by atoms with van der Waals surface area (Å²) in [5.41, 5.74) is 1.32. The van der Waals surface area contributed by atoms with Crippen molar-refractivity contribution in [1.29, 1.82) is 0 Å². The van der Waals surface area contributed by atoms with Crippen molar-refractivity contribution in [2.24, 2.45) is 17.8 Å². The van der Waals surface area contributed by atoms with Crippen molar-refractivity contribution in [2.45, 2.75) is 26.8 Å². The molecule has 1 amide bonds. The largest absolute Gasteiger partial charge is 0.379 e. The summed E-state index contributed by atoms with van der Waals surface area (Å²) >= 11 is 0. The molecule has 0 spiro atoms. The lowest BCUT2D eigenvalue weighted by atomic mass is 9.87. The first-order valence-electron chi connectivity index (χ1n) is 10.4. The van der Waals surface area contributed by atoms with Crippen LogP contribution in [0.4, 0.5) is 0 Å². The maximum atomic E-state index is 12.8. The summed E-state index contributed by atoms with van der Waals surface area (Å²) in [6.45, 7) is 12.7. The molecule has 2 heterocycles. The van der Waals surface area contributed by atoms with E-state index < -0.39 is 0 Å². The van der Waals surface area contributed by atoms with E-state index in [1.165, 1.54) is 5.56 Å². The van der Waals surface area contributed by atoms with Crippen LogP contribution in [0.25, 0.3) is 0 Å². The molecule has 0 bridgehead atoms. The maximum Gasteiger partial charge on any atom is 0.224 e. The highest BCUT2D eigenvalue weighted by Crippen LogP contribution is 2.25. The van der Waals surface area contributed by atoms with Crippen molar-refractivity contribution in [2.75, 3.05) is 52.5 Å². The highest BCUT2D eigenvalue weighted by molar-refractivity contribution is 5.79. The van der Waals surface area contributed by atoms with Gasteiger partial charge in [-0.3, -0.25) is 14.6 Å². The molecule has 0 unspecified atom stereocenters. The van der Waals surface area contributed by atoms with Gasteiger partial charge in [0.2, 0.25) is 5.91 Å². The first-order chi connectivity index (χ1) is 13.1. The van der Waals surface area contributed by atoms with Crippen LogP contribution in [0.15, 0.2) is 30.3 Å². The summed E-state index contributed by atoms with van der Waals surface area (Å²) in [6.07, 6.45) is 0.993. The van der Waals surface area contributed by atoms with Gasteiger partial charge in [-0.1, -0.05) is 44.2 Å². The fourth-order valence-electron chi connectivity index (χ4n) is 4.19. The van der Waals surface area contributed by atoms with E-state index in [9.17, 15) is 4.79 Å². The summed E-state index contributed by atoms with van der Waals surface area (Å²) in [4.78, 5) is 17.7. The summed E-state index contributed by atoms with van der Waals surface area (Å²) in [7, 11) is 0. The van der Waals surface area contributed by atoms with Crippen molar-refractivity contribution in [3.05, 3.63) is 35.9 Å². The molecule has 1 aromatic rings. The summed E-state index contributed by atoms with van der Waals surface area (Å²) < 4.78 is 5.49. The average Bonchev–Trinajstić information content (AvgIpc) is 2.67. The Labute approximate surface area is 164 Å². The predicted octanol–water partition coefficient (Wildman–Crippen LogP) is 2.23. The average molecular weight is 374 g/mol. The van der Waals surface area contributed by atoms with E-state index in [4.69, 9.17) is 4.74 Å². The van der Waals surface area contributed by atoms with Crippen LogP contribution >= 0.6 is 0 Å². The Morgan fingerprint density at radius 3 is 2.59 bits per heavy atom. The number of nitrogens with one attached hydrogen (secondary N) is 1. The first-order valence-corrected chi connectivity index (χ1v) is 10.4. The summed E-state index contributed by atoms with van der Waals surface area (Å²) in [6, 6.07) is 10.6. The highest BCUT2D eigenvalue weighted by Gasteiger charge is 2.32. The van der Waals surface area contributed by atoms with Gasteiger partial charge in [-0.25, -0.2) is 0 Å². The molecule has 5 nitrogen and oxygen atoms in total. The number of hydrogen-bond acceptors (Lipinski definition) is 4. The highest BCUT2D eigenvalue weighted by atomic mass is 16.5. The lowest BCUT2D eigenvalue weighted by molar-refractivity contribution is -0.128. The number of hydrogen-bond donors (Lipinski definition) is 1. The van der Waals surface area contributed by atoms with E-state index in [1.807, 2.05) is 0 Å². The van der Waals surface area contributed by atoms with E-state index in [-0.39, 0.29) is 11.8 Å². The molecule has 0 aliphatic carbocycles. The molecule has 2 fully saturated rings. The van der Waals surface area contributed by atoms with E-state index in [2.05, 4.69) is 59.3 Å². The fraction of sp³-hybridized carbons (Fsp3) is 0.682. The van der Waals surface area contributed by atoms with Crippen LogP contribution in [-0.4, -0.2) is 68.2 Å². The molecule has 5 heteroatoms. The third-order valence-electron chi connectivity index (χ3n) is 5.54. The zero-order chi connectivity index (χ0) is 19.1. The molecule has 2 aliphatic rings. The molecule has 1 N–H and O–H groups in total. The quantitative estimate of drug-likeness (QED) is 0.796. The second-order valence-corrected chi connectivity index (χ2v) is 8.53. The van der Waals surface area contributed by atoms with Gasteiger partial charge in [0.25, 0.3) is 0 Å². The minimum Gasteiger partial charge on any atom is -0.379 e. The smallest absolute Gasteiger partial charge is 0.224 e. The number of benzene rings is 1. The van der Waals surface area contributed by atoms with Gasteiger partial charge >= 0.3 is 0 Å². The second-order valence-electron chi connectivity index (χ2n) is 8.53. The molecule has 3 rings (SSSR count). The van der Waals surface area contributed by atoms with Crippen molar-refractivity contribution in [3.8, 4) is 0 Å². The van der Waals surface area contributed by atoms with Gasteiger partial charge in [0.05, 0.1) is 19.1 Å². The van der Waals surface area contributed by atoms with Crippen molar-refractivity contribution in [1.82, 2.24) is 15.1 Å². The molecule has 2 atom stereocenters. The molecule has 0 saturated carbocycles. The van der Waals surface area contributed by atoms with E-state index in [0.29, 0.717) is 11.8 Å². The molecular formula is C22H35N3O2. The minimum atomic E-state index is 0.0900. The van der Waals surface area contributed by atoms with Gasteiger partial charge in [0.15, 0.2) is 0 Å². The van der Waals surface area contributed by atoms with Crippen LogP contribution in [0.3, 0.4) is 0 Å². The maximum absolute atomic E-state index is 12.8. The number of carbonyl (C=O) groups is 1. The molecule has 150 valence electrons. The van der Waals surface area contributed by atoms with Gasteiger partial charge in [-0.2, -0.15) is 0 Å². The fourth-order valence-corrected chi connectivity index (χ4v) is 4.19. The number of likely N-dealkylation sites (tertiary alicyclic amines) is 1. The van der Waals surface area contributed by atoms with Crippen molar-refractivity contribution in [3.63, 3.8) is 0 Å². The van der Waals surface area contributed by atoms with Crippen molar-refractivity contribution >= 4 is 5.91 Å². The Balaban J connectivity index is 1.62. The topological polar surface area (TPSA) is 44.8 Å². The Morgan fingerprint density at radius 2 is 1.89 bits per heavy atom. The standard InChI is InChI=1S/C22H35N3O2/c1-18(2)13-23-22(26)21-12-20(15-24-8-10-27-11-9-24)16-25(17-21)14-19-6-4-3-5-7-19/h3-7,18,20-21H,8-17H2,1-2H3,(H,23,26)/t20-,21-/m1/s1. The molecule has 1 aromatic carbocycles. The first kappa shape index (κ1) is 20.3. The van der Waals surface area contributed by atoms with Crippen LogP contribution in [-0.2, 0) is 16.1 Å². The zero-order valence-electron chi connectivity index (χ0n) is 16.9. The summed E-state index contributed by atoms with van der Waals surface area (Å²) in [5, 5.41) is 3.16. The Hall–Kier alpha value is -1.43. The number of amides is 1. The van der Waals surface area contributed by atoms with Gasteiger partial charge in [0.1, 0.15) is 0 Å². The number of ether oxygens (including phenoxy) is 1. The number of piperidine rings is 1. The Bertz CT molecular complexity index is 572. The van der Waals surface area contributed by atoms with E-state index in [1.54, 1.807) is 0 Å². The SMILES string of the molecule is CC(C)CNC(=O)[C@@H]1C[C@H](CN2CCOCC2)CN(Cc2ccccc2)C1. The van der Waals surface area contributed by atoms with E-state index >= 15 is 0 Å². The monoisotopic (exact) mass is 373 g/mol. The molecular weight excluding hydrogens is 338 g/mol. The van der Waals surface area contributed by atoms with Crippen LogP contribution in [0.1, 0.15) is 25.8 Å². The summed E-state index contributed by atoms with van der Waals surface area (Å²) in [5.74, 6) is 1.35. The van der Waals surface area contributed by atoms with Crippen LogP contribution in [0.2, 0.25) is 0 Å². The van der Waals surface area contributed by atoms with Crippen molar-refractivity contribution < 1.29 is 9.53 Å². The normalized spacial score (nSPS) is 24.9. The Morgan fingerprint density at radius 1 is 1.15 bits per heavy atom. The zero-order valence-corrected chi connectivity index (χ0v) is 16.9. The molecule has 2 saturated heterocycles. The number of nitrogens with zero attached hydrogens (tertiary/aromatic N) is 2. The van der Waals surface area contributed by atoms with Gasteiger partial charge in [-0.05, 0) is 23.8 Å². The Kier molecular flexibility index (Phi) is 7.68. The molecule has 0 radical (unpaired) electrons.